The molecule has 2 aliphatic rings. The van der Waals surface area contributed by atoms with E-state index in [4.69, 9.17) is 0 Å². The molecule has 0 radical (unpaired) electrons. The summed E-state index contributed by atoms with van der Waals surface area (Å²) >= 11 is 0. The summed E-state index contributed by atoms with van der Waals surface area (Å²) in [5.41, 5.74) is 0.734. The molecule has 32 heavy (non-hydrogen) atoms. The van der Waals surface area contributed by atoms with E-state index in [0.717, 1.165) is 43.3 Å². The molecule has 1 spiro atoms. The van der Waals surface area contributed by atoms with Crippen LogP contribution in [0, 0.1) is 11.2 Å². The molecule has 0 atom stereocenters. The zero-order chi connectivity index (χ0) is 22.7. The number of benzene rings is 2. The summed E-state index contributed by atoms with van der Waals surface area (Å²) in [6, 6.07) is 7.14. The van der Waals surface area contributed by atoms with E-state index in [2.05, 4.69) is 32.4 Å². The number of halogens is 4. The smallest absolute Gasteiger partial charge is 0.419 e. The van der Waals surface area contributed by atoms with Crippen molar-refractivity contribution in [2.45, 2.75) is 12.7 Å². The van der Waals surface area contributed by atoms with Gasteiger partial charge in [-0.1, -0.05) is 0 Å². The van der Waals surface area contributed by atoms with Gasteiger partial charge in [-0.05, 0) is 37.4 Å². The van der Waals surface area contributed by atoms with E-state index in [1.807, 2.05) is 18.2 Å². The van der Waals surface area contributed by atoms with Crippen molar-refractivity contribution in [1.82, 2.24) is 15.1 Å². The fourth-order valence-corrected chi connectivity index (χ4v) is 4.82. The Labute approximate surface area is 181 Å². The molecule has 3 aromatic rings. The third kappa shape index (κ3) is 3.58. The van der Waals surface area contributed by atoms with Crippen LogP contribution in [0.25, 0.3) is 10.9 Å². The van der Waals surface area contributed by atoms with Crippen LogP contribution in [-0.2, 0) is 12.7 Å². The summed E-state index contributed by atoms with van der Waals surface area (Å²) in [5, 5.41) is 21.4. The number of hydrogen-bond donors (Lipinski definition) is 2. The Kier molecular flexibility index (Phi) is 4.66. The number of fused-ring (bicyclic) bond motifs is 1. The van der Waals surface area contributed by atoms with Crippen LogP contribution in [0.1, 0.15) is 11.1 Å². The lowest BCUT2D eigenvalue weighted by Gasteiger charge is -2.60. The first-order valence-corrected chi connectivity index (χ1v) is 10.1. The molecule has 2 aromatic carbocycles. The molecule has 6 nitrogen and oxygen atoms in total. The van der Waals surface area contributed by atoms with Crippen LogP contribution in [0.15, 0.2) is 36.5 Å². The van der Waals surface area contributed by atoms with Gasteiger partial charge in [0.15, 0.2) is 0 Å². The first kappa shape index (κ1) is 20.7. The first-order valence-electron chi connectivity index (χ1n) is 10.1. The first-order chi connectivity index (χ1) is 15.1. The predicted octanol–water partition coefficient (Wildman–Crippen LogP) is 3.86. The number of nitrogens with one attached hydrogen (secondary N) is 1. The number of rotatable bonds is 4. The molecular formula is C22H21F4N5O. The fraction of sp³-hybridized carbons (Fsp3) is 0.364. The maximum absolute atomic E-state index is 14.4. The van der Waals surface area contributed by atoms with Crippen molar-refractivity contribution in [3.63, 3.8) is 0 Å². The average molecular weight is 447 g/mol. The second kappa shape index (κ2) is 7.19. The number of likely N-dealkylation sites (tertiary alicyclic amines) is 1. The molecule has 3 heterocycles. The summed E-state index contributed by atoms with van der Waals surface area (Å²) in [4.78, 5) is 4.57. The molecule has 2 saturated heterocycles. The topological polar surface area (TPSA) is 64.5 Å². The number of hydrogen-bond acceptors (Lipinski definition) is 6. The lowest BCUT2D eigenvalue weighted by Crippen LogP contribution is -2.71. The van der Waals surface area contributed by atoms with Crippen molar-refractivity contribution >= 4 is 22.3 Å². The van der Waals surface area contributed by atoms with Crippen LogP contribution < -0.4 is 10.2 Å². The molecule has 2 N–H and O–H groups in total. The molecule has 10 heteroatoms. The fourth-order valence-electron chi connectivity index (χ4n) is 4.82. The zero-order valence-electron chi connectivity index (χ0n) is 17.2. The lowest BCUT2D eigenvalue weighted by atomic mass is 9.73. The zero-order valence-corrected chi connectivity index (χ0v) is 17.2. The molecule has 0 aliphatic carbocycles. The SMILES string of the molecule is CN1CC2(C1)CN(c1ccc3nncc(NCc4cc(O)cc(C(F)(F)F)c4F)c3c1)C2. The Morgan fingerprint density at radius 1 is 1.12 bits per heavy atom. The highest BCUT2D eigenvalue weighted by Gasteiger charge is 2.50. The number of phenols is 1. The molecule has 0 unspecified atom stereocenters. The van der Waals surface area contributed by atoms with Crippen LogP contribution in [0.4, 0.5) is 28.9 Å². The van der Waals surface area contributed by atoms with Gasteiger partial charge < -0.3 is 20.2 Å². The Hall–Kier alpha value is -3.14. The van der Waals surface area contributed by atoms with Gasteiger partial charge in [0.1, 0.15) is 11.6 Å². The van der Waals surface area contributed by atoms with E-state index < -0.39 is 23.3 Å². The molecule has 2 aliphatic heterocycles. The summed E-state index contributed by atoms with van der Waals surface area (Å²) in [7, 11) is 2.10. The third-order valence-corrected chi connectivity index (χ3v) is 6.16. The largest absolute Gasteiger partial charge is 0.508 e. The summed E-state index contributed by atoms with van der Waals surface area (Å²) < 4.78 is 53.6. The number of phenolic OH excluding ortho intramolecular Hbond substituents is 1. The molecule has 168 valence electrons. The quantitative estimate of drug-likeness (QED) is 0.593. The van der Waals surface area contributed by atoms with E-state index in [1.165, 1.54) is 6.20 Å². The maximum Gasteiger partial charge on any atom is 0.419 e. The molecule has 0 amide bonds. The normalized spacial score (nSPS) is 18.0. The predicted molar refractivity (Wildman–Crippen MR) is 112 cm³/mol. The van der Waals surface area contributed by atoms with E-state index in [0.29, 0.717) is 22.7 Å². The number of nitrogens with zero attached hydrogens (tertiary/aromatic N) is 4. The second-order valence-corrected chi connectivity index (χ2v) is 8.81. The minimum absolute atomic E-state index is 0.256. The maximum atomic E-state index is 14.4. The summed E-state index contributed by atoms with van der Waals surface area (Å²) in [6.45, 7) is 3.86. The summed E-state index contributed by atoms with van der Waals surface area (Å²) in [5.74, 6) is -2.06. The van der Waals surface area contributed by atoms with Gasteiger partial charge in [-0.25, -0.2) is 4.39 Å². The van der Waals surface area contributed by atoms with Gasteiger partial charge in [-0.2, -0.15) is 23.4 Å². The van der Waals surface area contributed by atoms with Crippen molar-refractivity contribution < 1.29 is 22.7 Å². The average Bonchev–Trinajstić information content (AvgIpc) is 2.68. The Balaban J connectivity index is 1.39. The van der Waals surface area contributed by atoms with Crippen molar-refractivity contribution in [1.29, 1.82) is 0 Å². The highest BCUT2D eigenvalue weighted by Crippen LogP contribution is 2.42. The van der Waals surface area contributed by atoms with Gasteiger partial charge in [0, 0.05) is 54.8 Å². The van der Waals surface area contributed by atoms with E-state index in [1.54, 1.807) is 0 Å². The van der Waals surface area contributed by atoms with E-state index in [9.17, 15) is 22.7 Å². The second-order valence-electron chi connectivity index (χ2n) is 8.81. The Morgan fingerprint density at radius 3 is 2.56 bits per heavy atom. The minimum Gasteiger partial charge on any atom is -0.508 e. The molecule has 2 fully saturated rings. The Morgan fingerprint density at radius 2 is 1.88 bits per heavy atom. The third-order valence-electron chi connectivity index (χ3n) is 6.16. The summed E-state index contributed by atoms with van der Waals surface area (Å²) in [6.07, 6.45) is -3.45. The number of alkyl halides is 3. The number of aromatic hydroxyl groups is 1. The molecule has 0 bridgehead atoms. The van der Waals surface area contributed by atoms with Crippen molar-refractivity contribution in [3.8, 4) is 5.75 Å². The highest BCUT2D eigenvalue weighted by molar-refractivity contribution is 5.93. The van der Waals surface area contributed by atoms with Gasteiger partial charge in [0.05, 0.1) is 23.0 Å². The van der Waals surface area contributed by atoms with Crippen molar-refractivity contribution in [2.75, 3.05) is 43.4 Å². The molecule has 5 rings (SSSR count). The molecule has 1 aromatic heterocycles. The minimum atomic E-state index is -4.90. The van der Waals surface area contributed by atoms with Gasteiger partial charge in [-0.3, -0.25) is 0 Å². The van der Waals surface area contributed by atoms with Gasteiger partial charge >= 0.3 is 6.18 Å². The van der Waals surface area contributed by atoms with Gasteiger partial charge in [-0.15, -0.1) is 0 Å². The van der Waals surface area contributed by atoms with E-state index in [-0.39, 0.29) is 12.1 Å². The van der Waals surface area contributed by atoms with Gasteiger partial charge in [0.25, 0.3) is 0 Å². The van der Waals surface area contributed by atoms with Crippen LogP contribution in [0.3, 0.4) is 0 Å². The monoisotopic (exact) mass is 447 g/mol. The van der Waals surface area contributed by atoms with E-state index >= 15 is 0 Å². The van der Waals surface area contributed by atoms with Crippen LogP contribution >= 0.6 is 0 Å². The van der Waals surface area contributed by atoms with Gasteiger partial charge in [0.2, 0.25) is 0 Å². The Bertz CT molecular complexity index is 1180. The van der Waals surface area contributed by atoms with Crippen LogP contribution in [-0.4, -0.2) is 53.4 Å². The number of aromatic nitrogens is 2. The standard InChI is InChI=1S/C22H21F4N5O/c1-30-9-21(10-30)11-31(12-21)14-2-3-18-16(5-14)19(8-28-29-18)27-7-13-4-15(32)6-17(20(13)23)22(24,25)26/h2-6,8,32H,7,9-12H2,1H3,(H,27,29). The molecule has 0 saturated carbocycles. The van der Waals surface area contributed by atoms with Crippen molar-refractivity contribution in [2.24, 2.45) is 5.41 Å². The highest BCUT2D eigenvalue weighted by atomic mass is 19.4. The number of anilines is 2. The molecular weight excluding hydrogens is 426 g/mol. The lowest BCUT2D eigenvalue weighted by molar-refractivity contribution is -0.140. The van der Waals surface area contributed by atoms with Crippen LogP contribution in [0.2, 0.25) is 0 Å². The van der Waals surface area contributed by atoms with Crippen LogP contribution in [0.5, 0.6) is 5.75 Å². The van der Waals surface area contributed by atoms with Crippen molar-refractivity contribution in [3.05, 3.63) is 53.5 Å².